The Bertz CT molecular complexity index is 1460. The summed E-state index contributed by atoms with van der Waals surface area (Å²) in [5.41, 5.74) is 3.18. The van der Waals surface area contributed by atoms with Gasteiger partial charge in [0.2, 0.25) is 5.91 Å². The highest BCUT2D eigenvalue weighted by molar-refractivity contribution is 5.83. The van der Waals surface area contributed by atoms with E-state index in [0.29, 0.717) is 13.0 Å². The number of hydrogen-bond acceptors (Lipinski definition) is 3. The van der Waals surface area contributed by atoms with E-state index in [1.54, 1.807) is 0 Å². The second kappa shape index (κ2) is 11.1. The summed E-state index contributed by atoms with van der Waals surface area (Å²) in [6, 6.07) is 32.5. The molecule has 1 unspecified atom stereocenters. The number of carbonyl (C=O) groups excluding carboxylic acids is 1. The smallest absolute Gasteiger partial charge is 0.220 e. The van der Waals surface area contributed by atoms with E-state index in [0.717, 1.165) is 42.0 Å². The van der Waals surface area contributed by atoms with Crippen LogP contribution in [0.4, 0.5) is 0 Å². The van der Waals surface area contributed by atoms with Crippen molar-refractivity contribution >= 4 is 27.7 Å². The molecule has 0 fully saturated rings. The predicted octanol–water partition coefficient (Wildman–Crippen LogP) is 6.47. The summed E-state index contributed by atoms with van der Waals surface area (Å²) in [7, 11) is 0. The van der Waals surface area contributed by atoms with Crippen LogP contribution in [-0.4, -0.2) is 22.1 Å². The zero-order chi connectivity index (χ0) is 24.7. The number of aromatic nitrogens is 2. The van der Waals surface area contributed by atoms with Crippen molar-refractivity contribution in [2.24, 2.45) is 0 Å². The molecule has 0 spiro atoms. The van der Waals surface area contributed by atoms with Crippen LogP contribution in [0.25, 0.3) is 21.8 Å². The van der Waals surface area contributed by atoms with Crippen LogP contribution in [0, 0.1) is 0 Å². The maximum absolute atomic E-state index is 12.7. The van der Waals surface area contributed by atoms with Gasteiger partial charge >= 0.3 is 0 Å². The van der Waals surface area contributed by atoms with Gasteiger partial charge in [-0.3, -0.25) is 4.79 Å². The van der Waals surface area contributed by atoms with Crippen molar-refractivity contribution in [3.63, 3.8) is 0 Å². The maximum Gasteiger partial charge on any atom is 0.220 e. The van der Waals surface area contributed by atoms with Gasteiger partial charge < -0.3 is 14.6 Å². The number of carbonyl (C=O) groups is 1. The molecule has 4 aromatic carbocycles. The van der Waals surface area contributed by atoms with Crippen molar-refractivity contribution in [1.29, 1.82) is 0 Å². The molecule has 5 heteroatoms. The molecule has 5 nitrogen and oxygen atoms in total. The zero-order valence-electron chi connectivity index (χ0n) is 20.6. The first kappa shape index (κ1) is 23.6. The fraction of sp³-hybridized carbons (Fsp3) is 0.226. The summed E-state index contributed by atoms with van der Waals surface area (Å²) < 4.78 is 8.27. The molecule has 1 aromatic heterocycles. The summed E-state index contributed by atoms with van der Waals surface area (Å²) in [5.74, 6) is 1.78. The second-order valence-electron chi connectivity index (χ2n) is 9.10. The van der Waals surface area contributed by atoms with Crippen molar-refractivity contribution in [2.75, 3.05) is 6.61 Å². The van der Waals surface area contributed by atoms with Crippen LogP contribution in [0.15, 0.2) is 97.1 Å². The zero-order valence-corrected chi connectivity index (χ0v) is 20.6. The fourth-order valence-electron chi connectivity index (χ4n) is 4.61. The molecule has 0 radical (unpaired) electrons. The van der Waals surface area contributed by atoms with E-state index in [4.69, 9.17) is 9.72 Å². The molecule has 0 aliphatic rings. The molecule has 1 heterocycles. The number of amides is 1. The molecular weight excluding hydrogens is 446 g/mol. The number of imidazole rings is 1. The lowest BCUT2D eigenvalue weighted by atomic mass is 10.1. The molecule has 0 saturated carbocycles. The van der Waals surface area contributed by atoms with Crippen LogP contribution >= 0.6 is 0 Å². The van der Waals surface area contributed by atoms with Crippen molar-refractivity contribution in [1.82, 2.24) is 14.9 Å². The summed E-state index contributed by atoms with van der Waals surface area (Å²) in [4.78, 5) is 17.5. The SMILES string of the molecule is CC(NC(=O)CCc1ccccc1)c1nc2ccccc2n1CCCOc1ccc2ccccc2c1. The second-order valence-corrected chi connectivity index (χ2v) is 9.10. The minimum Gasteiger partial charge on any atom is -0.494 e. The molecule has 182 valence electrons. The van der Waals surface area contributed by atoms with Crippen molar-refractivity contribution in [3.05, 3.63) is 108 Å². The largest absolute Gasteiger partial charge is 0.494 e. The summed E-state index contributed by atoms with van der Waals surface area (Å²) >= 11 is 0. The highest BCUT2D eigenvalue weighted by Gasteiger charge is 2.18. The third-order valence-corrected chi connectivity index (χ3v) is 6.45. The van der Waals surface area contributed by atoms with Gasteiger partial charge in [-0.2, -0.15) is 0 Å². The first-order valence-corrected chi connectivity index (χ1v) is 12.6. The number of benzene rings is 4. The van der Waals surface area contributed by atoms with Crippen molar-refractivity contribution in [3.8, 4) is 5.75 Å². The summed E-state index contributed by atoms with van der Waals surface area (Å²) in [5, 5.41) is 5.53. The van der Waals surface area contributed by atoms with Gasteiger partial charge in [0.25, 0.3) is 0 Å². The number of hydrogen-bond donors (Lipinski definition) is 1. The first-order valence-electron chi connectivity index (χ1n) is 12.6. The third-order valence-electron chi connectivity index (χ3n) is 6.45. The van der Waals surface area contributed by atoms with Gasteiger partial charge in [-0.15, -0.1) is 0 Å². The Hall–Kier alpha value is -4.12. The Kier molecular flexibility index (Phi) is 7.27. The molecule has 0 bridgehead atoms. The molecular formula is C31H31N3O2. The van der Waals surface area contributed by atoms with E-state index < -0.39 is 0 Å². The van der Waals surface area contributed by atoms with Crippen LogP contribution in [0.5, 0.6) is 5.75 Å². The molecule has 0 aliphatic carbocycles. The Morgan fingerprint density at radius 3 is 2.53 bits per heavy atom. The molecule has 36 heavy (non-hydrogen) atoms. The van der Waals surface area contributed by atoms with Gasteiger partial charge in [0.05, 0.1) is 23.7 Å². The number of ether oxygens (including phenoxy) is 1. The van der Waals surface area contributed by atoms with Gasteiger partial charge in [-0.25, -0.2) is 4.98 Å². The summed E-state index contributed by atoms with van der Waals surface area (Å²) in [6.07, 6.45) is 2.00. The van der Waals surface area contributed by atoms with E-state index in [9.17, 15) is 4.79 Å². The number of nitrogens with one attached hydrogen (secondary N) is 1. The topological polar surface area (TPSA) is 56.2 Å². The summed E-state index contributed by atoms with van der Waals surface area (Å²) in [6.45, 7) is 3.36. The lowest BCUT2D eigenvalue weighted by Crippen LogP contribution is -2.29. The Morgan fingerprint density at radius 1 is 0.917 bits per heavy atom. The molecule has 0 aliphatic heterocycles. The number of aryl methyl sites for hydroxylation is 2. The molecule has 1 amide bonds. The average molecular weight is 478 g/mol. The standard InChI is InChI=1S/C31H31N3O2/c1-23(32-30(35)19-16-24-10-3-2-4-11-24)31-33-28-14-7-8-15-29(28)34(31)20-9-21-36-27-18-17-25-12-5-6-13-26(25)22-27/h2-8,10-15,17-18,22-23H,9,16,19-21H2,1H3,(H,32,35). The average Bonchev–Trinajstić information content (AvgIpc) is 3.29. The van der Waals surface area contributed by atoms with Crippen LogP contribution in [0.2, 0.25) is 0 Å². The van der Waals surface area contributed by atoms with Gasteiger partial charge in [-0.1, -0.05) is 72.8 Å². The van der Waals surface area contributed by atoms with Gasteiger partial charge in [-0.05, 0) is 60.4 Å². The quantitative estimate of drug-likeness (QED) is 0.235. The van der Waals surface area contributed by atoms with E-state index in [-0.39, 0.29) is 11.9 Å². The monoisotopic (exact) mass is 477 g/mol. The number of rotatable bonds is 10. The first-order chi connectivity index (χ1) is 17.7. The maximum atomic E-state index is 12.7. The molecule has 1 atom stereocenters. The fourth-order valence-corrected chi connectivity index (χ4v) is 4.61. The molecule has 1 N–H and O–H groups in total. The number of para-hydroxylation sites is 2. The molecule has 5 rings (SSSR count). The van der Waals surface area contributed by atoms with E-state index >= 15 is 0 Å². The molecule has 5 aromatic rings. The van der Waals surface area contributed by atoms with Gasteiger partial charge in [0, 0.05) is 13.0 Å². The van der Waals surface area contributed by atoms with Crippen LogP contribution in [0.1, 0.15) is 37.2 Å². The van der Waals surface area contributed by atoms with Crippen LogP contribution in [-0.2, 0) is 17.8 Å². The van der Waals surface area contributed by atoms with Crippen molar-refractivity contribution < 1.29 is 9.53 Å². The highest BCUT2D eigenvalue weighted by atomic mass is 16.5. The van der Waals surface area contributed by atoms with Gasteiger partial charge in [0.1, 0.15) is 11.6 Å². The highest BCUT2D eigenvalue weighted by Crippen LogP contribution is 2.23. The minimum atomic E-state index is -0.193. The lowest BCUT2D eigenvalue weighted by Gasteiger charge is -2.17. The minimum absolute atomic E-state index is 0.0320. The van der Waals surface area contributed by atoms with E-state index in [2.05, 4.69) is 52.3 Å². The van der Waals surface area contributed by atoms with E-state index in [1.165, 1.54) is 16.3 Å². The normalized spacial score (nSPS) is 12.0. The lowest BCUT2D eigenvalue weighted by molar-refractivity contribution is -0.121. The Balaban J connectivity index is 1.22. The predicted molar refractivity (Wildman–Crippen MR) is 145 cm³/mol. The Labute approximate surface area is 211 Å². The van der Waals surface area contributed by atoms with Crippen LogP contribution in [0.3, 0.4) is 0 Å². The Morgan fingerprint density at radius 2 is 1.67 bits per heavy atom. The van der Waals surface area contributed by atoms with Gasteiger partial charge in [0.15, 0.2) is 0 Å². The molecule has 0 saturated heterocycles. The van der Waals surface area contributed by atoms with Crippen molar-refractivity contribution in [2.45, 2.75) is 38.8 Å². The third kappa shape index (κ3) is 5.57. The van der Waals surface area contributed by atoms with E-state index in [1.807, 2.05) is 61.5 Å². The number of fused-ring (bicyclic) bond motifs is 2. The number of nitrogens with zero attached hydrogens (tertiary/aromatic N) is 2. The van der Waals surface area contributed by atoms with Crippen LogP contribution < -0.4 is 10.1 Å².